The van der Waals surface area contributed by atoms with E-state index in [2.05, 4.69) is 46.7 Å². The minimum atomic E-state index is 0.265. The summed E-state index contributed by atoms with van der Waals surface area (Å²) in [6, 6.07) is 6.70. The van der Waals surface area contributed by atoms with Gasteiger partial charge >= 0.3 is 0 Å². The van der Waals surface area contributed by atoms with Crippen LogP contribution in [0.3, 0.4) is 0 Å². The highest BCUT2D eigenvalue weighted by Crippen LogP contribution is 2.59. The molecule has 0 aromatic heterocycles. The lowest BCUT2D eigenvalue weighted by Crippen LogP contribution is -2.44. The molecule has 0 spiro atoms. The number of hydrogen-bond donors (Lipinski definition) is 0. The van der Waals surface area contributed by atoms with Crippen molar-refractivity contribution < 1.29 is 9.26 Å². The molecule has 1 aromatic rings. The number of hydrogen-bond acceptors (Lipinski definition) is 2. The number of allylic oxidation sites excluding steroid dienone is 1. The zero-order valence-electron chi connectivity index (χ0n) is 13.4. The molecule has 0 N–H and O–H groups in total. The second kappa shape index (κ2) is 5.35. The molecule has 0 saturated heterocycles. The van der Waals surface area contributed by atoms with Gasteiger partial charge in [-0.2, -0.15) is 0 Å². The van der Waals surface area contributed by atoms with Crippen LogP contribution in [0.4, 0.5) is 0 Å². The Bertz CT molecular complexity index is 611. The van der Waals surface area contributed by atoms with E-state index < -0.39 is 0 Å². The number of ether oxygens (including phenoxy) is 1. The van der Waals surface area contributed by atoms with Crippen molar-refractivity contribution in [2.75, 3.05) is 7.11 Å². The topological polar surface area (TPSA) is 18.5 Å². The molecule has 3 aliphatic carbocycles. The van der Waals surface area contributed by atoms with Crippen LogP contribution in [0.1, 0.15) is 43.2 Å². The smallest absolute Gasteiger partial charge is 0.119 e. The maximum absolute atomic E-state index is 5.68. The third-order valence-electron chi connectivity index (χ3n) is 6.52. The van der Waals surface area contributed by atoms with E-state index in [1.165, 1.54) is 31.2 Å². The molecule has 3 heteroatoms. The van der Waals surface area contributed by atoms with E-state index in [0.717, 1.165) is 11.7 Å². The fourth-order valence-corrected chi connectivity index (χ4v) is 5.70. The van der Waals surface area contributed by atoms with Crippen molar-refractivity contribution in [1.29, 1.82) is 0 Å². The summed E-state index contributed by atoms with van der Waals surface area (Å²) in [6.45, 7) is 2.42. The fourth-order valence-electron chi connectivity index (χ4n) is 5.30. The number of rotatable bonds is 2. The number of methoxy groups -OCH3 is 1. The monoisotopic (exact) mass is 316 g/mol. The van der Waals surface area contributed by atoms with Gasteiger partial charge in [-0.3, -0.25) is 0 Å². The van der Waals surface area contributed by atoms with Crippen molar-refractivity contribution in [3.63, 3.8) is 0 Å². The minimum absolute atomic E-state index is 0.265. The van der Waals surface area contributed by atoms with E-state index in [1.54, 1.807) is 12.7 Å². The Morgan fingerprint density at radius 2 is 2.09 bits per heavy atom. The van der Waals surface area contributed by atoms with Crippen LogP contribution >= 0.6 is 9.47 Å². The average molecular weight is 316 g/mol. The Balaban J connectivity index is 1.68. The van der Waals surface area contributed by atoms with Crippen LogP contribution < -0.4 is 4.74 Å². The van der Waals surface area contributed by atoms with E-state index >= 15 is 0 Å². The van der Waals surface area contributed by atoms with E-state index in [1.807, 2.05) is 0 Å². The summed E-state index contributed by atoms with van der Waals surface area (Å²) in [6.07, 6.45) is 10.0. The molecule has 6 atom stereocenters. The third-order valence-corrected chi connectivity index (χ3v) is 6.81. The van der Waals surface area contributed by atoms with Crippen molar-refractivity contribution in [3.8, 4) is 5.75 Å². The Morgan fingerprint density at radius 1 is 1.23 bits per heavy atom. The van der Waals surface area contributed by atoms with Crippen molar-refractivity contribution in [2.45, 2.75) is 44.6 Å². The standard InChI is InChI=1S/C19H25O2P/c1-19-10-9-15-14-6-4-13(20-2)11-12(14)3-5-16(15)17(19)7-8-18(19)21-22/h4,6-8,11,15-18H,3,5,9-10,22H2,1-2H3. The highest BCUT2D eigenvalue weighted by molar-refractivity contribution is 7.09. The molecule has 0 radical (unpaired) electrons. The highest BCUT2D eigenvalue weighted by Gasteiger charge is 2.52. The van der Waals surface area contributed by atoms with Gasteiger partial charge in [0, 0.05) is 14.9 Å². The molecule has 1 aromatic carbocycles. The van der Waals surface area contributed by atoms with Crippen molar-refractivity contribution >= 4 is 9.47 Å². The number of benzene rings is 1. The molecule has 6 unspecified atom stereocenters. The van der Waals surface area contributed by atoms with Gasteiger partial charge < -0.3 is 9.26 Å². The first kappa shape index (κ1) is 14.7. The van der Waals surface area contributed by atoms with Gasteiger partial charge in [0.05, 0.1) is 13.2 Å². The van der Waals surface area contributed by atoms with Crippen LogP contribution in [0.25, 0.3) is 0 Å². The van der Waals surface area contributed by atoms with E-state index in [-0.39, 0.29) is 11.5 Å². The second-order valence-electron chi connectivity index (χ2n) is 7.39. The van der Waals surface area contributed by atoms with Gasteiger partial charge in [-0.1, -0.05) is 25.1 Å². The average Bonchev–Trinajstić information content (AvgIpc) is 2.90. The molecule has 0 aliphatic heterocycles. The predicted molar refractivity (Wildman–Crippen MR) is 92.1 cm³/mol. The summed E-state index contributed by atoms with van der Waals surface area (Å²) >= 11 is 0. The van der Waals surface area contributed by atoms with Crippen LogP contribution in [0, 0.1) is 17.3 Å². The van der Waals surface area contributed by atoms with Crippen LogP contribution in [-0.4, -0.2) is 13.2 Å². The lowest BCUT2D eigenvalue weighted by molar-refractivity contribution is 0.00906. The Morgan fingerprint density at radius 3 is 2.86 bits per heavy atom. The molecule has 1 saturated carbocycles. The molecule has 0 bridgehead atoms. The SMILES string of the molecule is COc1ccc2c(c1)CCC1C2CCC2(C)C(OP)C=CC12. The van der Waals surface area contributed by atoms with Crippen molar-refractivity contribution in [2.24, 2.45) is 17.3 Å². The molecule has 1 fully saturated rings. The highest BCUT2D eigenvalue weighted by atomic mass is 31.0. The molecule has 3 aliphatic rings. The van der Waals surface area contributed by atoms with Gasteiger partial charge in [-0.15, -0.1) is 0 Å². The summed E-state index contributed by atoms with van der Waals surface area (Å²) in [5.74, 6) is 3.13. The number of fused-ring (bicyclic) bond motifs is 5. The molecular weight excluding hydrogens is 291 g/mol. The molecule has 0 heterocycles. The quantitative estimate of drug-likeness (QED) is 0.591. The minimum Gasteiger partial charge on any atom is -0.497 e. The normalized spacial score (nSPS) is 39.0. The van der Waals surface area contributed by atoms with Crippen molar-refractivity contribution in [3.05, 3.63) is 41.5 Å². The maximum Gasteiger partial charge on any atom is 0.119 e. The molecule has 22 heavy (non-hydrogen) atoms. The van der Waals surface area contributed by atoms with Crippen LogP contribution in [0.15, 0.2) is 30.4 Å². The van der Waals surface area contributed by atoms with Gasteiger partial charge in [0.15, 0.2) is 0 Å². The lowest BCUT2D eigenvalue weighted by atomic mass is 9.55. The first-order chi connectivity index (χ1) is 10.7. The van der Waals surface area contributed by atoms with E-state index in [9.17, 15) is 0 Å². The molecule has 2 nitrogen and oxygen atoms in total. The molecule has 0 amide bonds. The molecular formula is C19H25O2P. The van der Waals surface area contributed by atoms with Gasteiger partial charge in [0.1, 0.15) is 5.75 Å². The first-order valence-corrected chi connectivity index (χ1v) is 8.85. The summed E-state index contributed by atoms with van der Waals surface area (Å²) in [4.78, 5) is 0. The van der Waals surface area contributed by atoms with Gasteiger partial charge in [0.25, 0.3) is 0 Å². The molecule has 118 valence electrons. The Labute approximate surface area is 135 Å². The summed E-state index contributed by atoms with van der Waals surface area (Å²) in [5, 5.41) is 0. The van der Waals surface area contributed by atoms with Crippen molar-refractivity contribution in [1.82, 2.24) is 0 Å². The van der Waals surface area contributed by atoms with E-state index in [4.69, 9.17) is 9.26 Å². The summed E-state index contributed by atoms with van der Waals surface area (Å²) < 4.78 is 11.1. The van der Waals surface area contributed by atoms with Gasteiger partial charge in [0.2, 0.25) is 0 Å². The molecule has 4 rings (SSSR count). The van der Waals surface area contributed by atoms with Crippen LogP contribution in [0.2, 0.25) is 0 Å². The fraction of sp³-hybridized carbons (Fsp3) is 0.579. The van der Waals surface area contributed by atoms with Crippen LogP contribution in [0.5, 0.6) is 5.75 Å². The third kappa shape index (κ3) is 2.00. The zero-order valence-corrected chi connectivity index (χ0v) is 14.6. The first-order valence-electron chi connectivity index (χ1n) is 8.38. The summed E-state index contributed by atoms with van der Waals surface area (Å²) in [7, 11) is 4.23. The predicted octanol–water partition coefficient (Wildman–Crippen LogP) is 4.50. The number of aryl methyl sites for hydroxylation is 1. The van der Waals surface area contributed by atoms with Gasteiger partial charge in [-0.05, 0) is 66.7 Å². The Kier molecular flexibility index (Phi) is 3.58. The van der Waals surface area contributed by atoms with Gasteiger partial charge in [-0.25, -0.2) is 0 Å². The lowest BCUT2D eigenvalue weighted by Gasteiger charge is -2.50. The largest absolute Gasteiger partial charge is 0.497 e. The maximum atomic E-state index is 5.68. The Hall–Kier alpha value is -0.850. The second-order valence-corrected chi connectivity index (χ2v) is 7.66. The van der Waals surface area contributed by atoms with Crippen LogP contribution in [-0.2, 0) is 10.9 Å². The zero-order chi connectivity index (χ0) is 15.3. The van der Waals surface area contributed by atoms with E-state index in [0.29, 0.717) is 11.8 Å². The summed E-state index contributed by atoms with van der Waals surface area (Å²) in [5.41, 5.74) is 3.36.